The summed E-state index contributed by atoms with van der Waals surface area (Å²) in [5.74, 6) is 0. The molecule has 72 valence electrons. The summed E-state index contributed by atoms with van der Waals surface area (Å²) in [4.78, 5) is 0. The third-order valence-electron chi connectivity index (χ3n) is 4.04. The number of hydrogen-bond acceptors (Lipinski definition) is 0. The van der Waals surface area contributed by atoms with E-state index in [0.717, 1.165) is 6.42 Å². The Labute approximate surface area is 85.7 Å². The SMILES string of the molecule is CC1=CC(C)(C2=CC=CC2)C2=C1CC2. The van der Waals surface area contributed by atoms with Crippen molar-refractivity contribution in [3.63, 3.8) is 0 Å². The second-order valence-corrected chi connectivity index (χ2v) is 4.81. The topological polar surface area (TPSA) is 0 Å². The fourth-order valence-corrected chi connectivity index (χ4v) is 3.11. The molecule has 3 aliphatic carbocycles. The second-order valence-electron chi connectivity index (χ2n) is 4.81. The molecule has 1 unspecified atom stereocenters. The average molecular weight is 184 g/mol. The van der Waals surface area contributed by atoms with Crippen LogP contribution in [0.5, 0.6) is 0 Å². The Hall–Kier alpha value is -1.04. The van der Waals surface area contributed by atoms with E-state index in [-0.39, 0.29) is 5.41 Å². The molecule has 0 N–H and O–H groups in total. The molecule has 1 atom stereocenters. The largest absolute Gasteiger partial charge is 0.0804 e. The molecule has 3 rings (SSSR count). The maximum Gasteiger partial charge on any atom is 0.0290 e. The third kappa shape index (κ3) is 0.841. The molecule has 0 spiro atoms. The zero-order chi connectivity index (χ0) is 9.76. The predicted molar refractivity (Wildman–Crippen MR) is 60.0 cm³/mol. The van der Waals surface area contributed by atoms with Gasteiger partial charge in [-0.25, -0.2) is 0 Å². The first-order chi connectivity index (χ1) is 6.72. The van der Waals surface area contributed by atoms with Crippen LogP contribution in [0.1, 0.15) is 33.1 Å². The summed E-state index contributed by atoms with van der Waals surface area (Å²) in [6, 6.07) is 0. The van der Waals surface area contributed by atoms with Crippen LogP contribution in [0, 0.1) is 5.41 Å². The minimum atomic E-state index is 0.279. The number of hydrogen-bond donors (Lipinski definition) is 0. The molecule has 3 aliphatic rings. The highest BCUT2D eigenvalue weighted by molar-refractivity contribution is 5.58. The number of rotatable bonds is 1. The quantitative estimate of drug-likeness (QED) is 0.579. The Morgan fingerprint density at radius 1 is 1.29 bits per heavy atom. The lowest BCUT2D eigenvalue weighted by Gasteiger charge is -2.33. The van der Waals surface area contributed by atoms with Gasteiger partial charge in [0.25, 0.3) is 0 Å². The zero-order valence-corrected chi connectivity index (χ0v) is 8.93. The second kappa shape index (κ2) is 2.50. The van der Waals surface area contributed by atoms with Crippen LogP contribution in [0.25, 0.3) is 0 Å². The molecule has 0 aromatic carbocycles. The molecule has 14 heavy (non-hydrogen) atoms. The van der Waals surface area contributed by atoms with Gasteiger partial charge < -0.3 is 0 Å². The first-order valence-electron chi connectivity index (χ1n) is 5.50. The Morgan fingerprint density at radius 2 is 2.14 bits per heavy atom. The minimum absolute atomic E-state index is 0.279. The van der Waals surface area contributed by atoms with E-state index >= 15 is 0 Å². The molecule has 0 fully saturated rings. The highest BCUT2D eigenvalue weighted by Crippen LogP contribution is 2.55. The zero-order valence-electron chi connectivity index (χ0n) is 8.93. The summed E-state index contributed by atoms with van der Waals surface area (Å²) in [7, 11) is 0. The van der Waals surface area contributed by atoms with Crippen LogP contribution in [-0.2, 0) is 0 Å². The van der Waals surface area contributed by atoms with E-state index in [9.17, 15) is 0 Å². The number of allylic oxidation sites excluding steroid dienone is 8. The van der Waals surface area contributed by atoms with Gasteiger partial charge in [0, 0.05) is 5.41 Å². The lowest BCUT2D eigenvalue weighted by Crippen LogP contribution is -2.20. The van der Waals surface area contributed by atoms with Crippen molar-refractivity contribution in [2.75, 3.05) is 0 Å². The molecule has 0 amide bonds. The van der Waals surface area contributed by atoms with Crippen molar-refractivity contribution in [3.8, 4) is 0 Å². The van der Waals surface area contributed by atoms with Gasteiger partial charge >= 0.3 is 0 Å². The predicted octanol–water partition coefficient (Wildman–Crippen LogP) is 3.93. The van der Waals surface area contributed by atoms with E-state index in [2.05, 4.69) is 38.2 Å². The van der Waals surface area contributed by atoms with Crippen molar-refractivity contribution >= 4 is 0 Å². The standard InChI is InChI=1S/C14H16/c1-10-9-14(2,11-5-3-4-6-11)13-8-7-12(10)13/h3-5,9H,6-8H2,1-2H3. The monoisotopic (exact) mass is 184 g/mol. The van der Waals surface area contributed by atoms with Crippen LogP contribution in [0.4, 0.5) is 0 Å². The molecule has 0 nitrogen and oxygen atoms in total. The summed E-state index contributed by atoms with van der Waals surface area (Å²) >= 11 is 0. The van der Waals surface area contributed by atoms with Crippen LogP contribution < -0.4 is 0 Å². The van der Waals surface area contributed by atoms with Gasteiger partial charge in [-0.05, 0) is 38.7 Å². The lowest BCUT2D eigenvalue weighted by atomic mass is 9.70. The maximum atomic E-state index is 2.48. The molecular weight excluding hydrogens is 168 g/mol. The van der Waals surface area contributed by atoms with Crippen molar-refractivity contribution in [2.45, 2.75) is 33.1 Å². The molecule has 0 radical (unpaired) electrons. The van der Waals surface area contributed by atoms with E-state index in [1.807, 2.05) is 0 Å². The summed E-state index contributed by atoms with van der Waals surface area (Å²) in [6.45, 7) is 4.65. The van der Waals surface area contributed by atoms with Crippen LogP contribution in [0.15, 0.2) is 46.6 Å². The molecule has 0 bridgehead atoms. The average Bonchev–Trinajstić information content (AvgIpc) is 2.56. The third-order valence-corrected chi connectivity index (χ3v) is 4.04. The fourth-order valence-electron chi connectivity index (χ4n) is 3.11. The summed E-state index contributed by atoms with van der Waals surface area (Å²) in [6.07, 6.45) is 13.0. The van der Waals surface area contributed by atoms with Gasteiger partial charge in [0.1, 0.15) is 0 Å². The molecule has 0 saturated carbocycles. The Kier molecular flexibility index (Phi) is 1.48. The van der Waals surface area contributed by atoms with Crippen molar-refractivity contribution < 1.29 is 0 Å². The van der Waals surface area contributed by atoms with Gasteiger partial charge in [-0.1, -0.05) is 41.0 Å². The van der Waals surface area contributed by atoms with Gasteiger partial charge in [0.15, 0.2) is 0 Å². The van der Waals surface area contributed by atoms with E-state index < -0.39 is 0 Å². The summed E-state index contributed by atoms with van der Waals surface area (Å²) in [5, 5.41) is 0. The lowest BCUT2D eigenvalue weighted by molar-refractivity contribution is 0.555. The van der Waals surface area contributed by atoms with Crippen LogP contribution in [-0.4, -0.2) is 0 Å². The molecule has 0 heterocycles. The van der Waals surface area contributed by atoms with E-state index in [4.69, 9.17) is 0 Å². The minimum Gasteiger partial charge on any atom is -0.0804 e. The Balaban J connectivity index is 2.07. The van der Waals surface area contributed by atoms with Gasteiger partial charge in [0.05, 0.1) is 0 Å². The van der Waals surface area contributed by atoms with Gasteiger partial charge in [-0.3, -0.25) is 0 Å². The van der Waals surface area contributed by atoms with Gasteiger partial charge in [0.2, 0.25) is 0 Å². The summed E-state index contributed by atoms with van der Waals surface area (Å²) in [5.41, 5.74) is 6.74. The van der Waals surface area contributed by atoms with E-state index in [1.54, 1.807) is 16.7 Å². The van der Waals surface area contributed by atoms with Crippen LogP contribution >= 0.6 is 0 Å². The Morgan fingerprint density at radius 3 is 2.64 bits per heavy atom. The first kappa shape index (κ1) is 8.28. The maximum absolute atomic E-state index is 2.48. The van der Waals surface area contributed by atoms with E-state index in [0.29, 0.717) is 0 Å². The van der Waals surface area contributed by atoms with Gasteiger partial charge in [-0.15, -0.1) is 0 Å². The van der Waals surface area contributed by atoms with Crippen molar-refractivity contribution in [1.29, 1.82) is 0 Å². The van der Waals surface area contributed by atoms with E-state index in [1.165, 1.54) is 18.4 Å². The first-order valence-corrected chi connectivity index (χ1v) is 5.50. The fraction of sp³-hybridized carbons (Fsp3) is 0.429. The van der Waals surface area contributed by atoms with Crippen molar-refractivity contribution in [2.24, 2.45) is 5.41 Å². The van der Waals surface area contributed by atoms with Crippen LogP contribution in [0.3, 0.4) is 0 Å². The molecule has 0 aromatic rings. The van der Waals surface area contributed by atoms with Crippen molar-refractivity contribution in [3.05, 3.63) is 46.6 Å². The highest BCUT2D eigenvalue weighted by atomic mass is 14.4. The summed E-state index contributed by atoms with van der Waals surface area (Å²) < 4.78 is 0. The smallest absolute Gasteiger partial charge is 0.0290 e. The Bertz CT molecular complexity index is 415. The normalized spacial score (nSPS) is 34.1. The molecular formula is C14H16. The van der Waals surface area contributed by atoms with Gasteiger partial charge in [-0.2, -0.15) is 0 Å². The highest BCUT2D eigenvalue weighted by Gasteiger charge is 2.41. The molecule has 0 heteroatoms. The molecule has 0 aromatic heterocycles. The molecule has 0 saturated heterocycles. The molecule has 0 aliphatic heterocycles. The van der Waals surface area contributed by atoms with Crippen molar-refractivity contribution in [1.82, 2.24) is 0 Å². The van der Waals surface area contributed by atoms with Crippen LogP contribution in [0.2, 0.25) is 0 Å².